The van der Waals surface area contributed by atoms with Gasteiger partial charge in [-0.1, -0.05) is 13.8 Å². The average molecular weight is 348 g/mol. The van der Waals surface area contributed by atoms with Crippen molar-refractivity contribution in [1.82, 2.24) is 5.32 Å². The van der Waals surface area contributed by atoms with Gasteiger partial charge in [0.05, 0.1) is 4.92 Å². The van der Waals surface area contributed by atoms with Crippen LogP contribution in [-0.2, 0) is 4.79 Å². The quantitative estimate of drug-likeness (QED) is 0.462. The van der Waals surface area contributed by atoms with Gasteiger partial charge in [-0.05, 0) is 24.5 Å². The zero-order valence-corrected chi connectivity index (χ0v) is 13.5. The third-order valence-electron chi connectivity index (χ3n) is 3.48. The molecule has 1 atom stereocenters. The van der Waals surface area contributed by atoms with Crippen molar-refractivity contribution in [3.63, 3.8) is 0 Å². The maximum absolute atomic E-state index is 12.3. The first-order valence-corrected chi connectivity index (χ1v) is 7.45. The number of fused-ring (bicyclic) bond motifs is 1. The summed E-state index contributed by atoms with van der Waals surface area (Å²) in [6.45, 7) is 3.59. The number of nitro groups is 1. The molecule has 0 radical (unpaired) electrons. The Morgan fingerprint density at radius 1 is 1.32 bits per heavy atom. The molecular formula is C16H16N2O7. The molecule has 0 aliphatic rings. The van der Waals surface area contributed by atoms with E-state index >= 15 is 0 Å². The monoisotopic (exact) mass is 348 g/mol. The molecule has 9 heteroatoms. The van der Waals surface area contributed by atoms with E-state index in [1.807, 2.05) is 0 Å². The number of nitrogens with zero attached hydrogens (tertiary/aromatic N) is 1. The highest BCUT2D eigenvalue weighted by atomic mass is 16.6. The van der Waals surface area contributed by atoms with E-state index in [-0.39, 0.29) is 29.0 Å². The van der Waals surface area contributed by atoms with Crippen molar-refractivity contribution in [2.45, 2.75) is 26.3 Å². The van der Waals surface area contributed by atoms with Crippen molar-refractivity contribution in [3.8, 4) is 0 Å². The Morgan fingerprint density at radius 2 is 2.00 bits per heavy atom. The van der Waals surface area contributed by atoms with Gasteiger partial charge in [-0.2, -0.15) is 0 Å². The van der Waals surface area contributed by atoms with Gasteiger partial charge in [-0.3, -0.25) is 14.9 Å². The predicted molar refractivity (Wildman–Crippen MR) is 87.5 cm³/mol. The Labute approximate surface area is 141 Å². The molecule has 0 spiro atoms. The molecule has 1 heterocycles. The smallest absolute Gasteiger partial charge is 0.349 e. The summed E-state index contributed by atoms with van der Waals surface area (Å²) in [5.74, 6) is -2.12. The Morgan fingerprint density at radius 3 is 2.56 bits per heavy atom. The Balaban J connectivity index is 2.39. The molecule has 132 valence electrons. The van der Waals surface area contributed by atoms with Crippen molar-refractivity contribution >= 4 is 28.5 Å². The van der Waals surface area contributed by atoms with E-state index in [4.69, 9.17) is 9.52 Å². The van der Waals surface area contributed by atoms with E-state index in [9.17, 15) is 24.5 Å². The minimum absolute atomic E-state index is 0.0112. The zero-order chi connectivity index (χ0) is 18.7. The number of hydrogen-bond acceptors (Lipinski definition) is 6. The summed E-state index contributed by atoms with van der Waals surface area (Å²) < 4.78 is 4.99. The Bertz CT molecular complexity index is 901. The number of amides is 1. The molecule has 1 aromatic heterocycles. The fraction of sp³-hybridized carbons (Fsp3) is 0.312. The van der Waals surface area contributed by atoms with E-state index < -0.39 is 34.0 Å². The van der Waals surface area contributed by atoms with Crippen molar-refractivity contribution < 1.29 is 24.0 Å². The minimum Gasteiger partial charge on any atom is -0.480 e. The van der Waals surface area contributed by atoms with Gasteiger partial charge in [0.25, 0.3) is 11.6 Å². The second-order valence-corrected chi connectivity index (χ2v) is 5.92. The van der Waals surface area contributed by atoms with Crippen LogP contribution in [0, 0.1) is 16.0 Å². The summed E-state index contributed by atoms with van der Waals surface area (Å²) in [6, 6.07) is 3.59. The number of carbonyl (C=O) groups excluding carboxylic acids is 1. The summed E-state index contributed by atoms with van der Waals surface area (Å²) >= 11 is 0. The Hall–Kier alpha value is -3.23. The number of carboxylic acid groups (broad SMARTS) is 1. The van der Waals surface area contributed by atoms with E-state index in [0.717, 1.165) is 12.1 Å². The molecule has 0 aliphatic heterocycles. The molecule has 2 aromatic rings. The largest absolute Gasteiger partial charge is 0.480 e. The number of hydrogen-bond donors (Lipinski definition) is 2. The normalized spacial score (nSPS) is 12.1. The van der Waals surface area contributed by atoms with Gasteiger partial charge in [-0.25, -0.2) is 9.59 Å². The lowest BCUT2D eigenvalue weighted by Gasteiger charge is -2.16. The van der Waals surface area contributed by atoms with Crippen molar-refractivity contribution in [2.24, 2.45) is 5.92 Å². The molecule has 2 N–H and O–H groups in total. The van der Waals surface area contributed by atoms with Crippen LogP contribution in [0.1, 0.15) is 30.6 Å². The van der Waals surface area contributed by atoms with Crippen molar-refractivity contribution in [1.29, 1.82) is 0 Å². The van der Waals surface area contributed by atoms with E-state index in [1.165, 1.54) is 12.1 Å². The van der Waals surface area contributed by atoms with Gasteiger partial charge in [0.2, 0.25) is 0 Å². The summed E-state index contributed by atoms with van der Waals surface area (Å²) in [7, 11) is 0. The van der Waals surface area contributed by atoms with Crippen LogP contribution in [0.15, 0.2) is 33.5 Å². The maximum Gasteiger partial charge on any atom is 0.349 e. The highest BCUT2D eigenvalue weighted by Crippen LogP contribution is 2.20. The third kappa shape index (κ3) is 4.19. The maximum atomic E-state index is 12.3. The van der Waals surface area contributed by atoms with Crippen LogP contribution >= 0.6 is 0 Å². The van der Waals surface area contributed by atoms with Crippen LogP contribution in [0.25, 0.3) is 11.0 Å². The molecule has 1 amide bonds. The molecule has 0 fully saturated rings. The summed E-state index contributed by atoms with van der Waals surface area (Å²) in [5.41, 5.74) is -1.50. The van der Waals surface area contributed by atoms with Crippen LogP contribution in [0.4, 0.5) is 5.69 Å². The van der Waals surface area contributed by atoms with Crippen LogP contribution < -0.4 is 10.9 Å². The number of non-ortho nitro benzene ring substituents is 1. The topological polar surface area (TPSA) is 140 Å². The molecule has 0 bridgehead atoms. The van der Waals surface area contributed by atoms with Crippen LogP contribution in [0.2, 0.25) is 0 Å². The number of carboxylic acids is 1. The van der Waals surface area contributed by atoms with Gasteiger partial charge in [-0.15, -0.1) is 0 Å². The molecule has 25 heavy (non-hydrogen) atoms. The summed E-state index contributed by atoms with van der Waals surface area (Å²) in [4.78, 5) is 45.6. The lowest BCUT2D eigenvalue weighted by Crippen LogP contribution is -2.43. The molecule has 0 saturated carbocycles. The number of carbonyl (C=O) groups is 2. The van der Waals surface area contributed by atoms with Crippen molar-refractivity contribution in [2.75, 3.05) is 0 Å². The standard InChI is InChI=1S/C16H16N2O7/c1-8(2)5-12(15(20)21)17-14(19)11-7-9-6-10(18(23)24)3-4-13(9)25-16(11)22/h3-4,6-8,12H,5H2,1-2H3,(H,17,19)(H,20,21)/t12-/m0/s1. The van der Waals surface area contributed by atoms with Gasteiger partial charge in [0, 0.05) is 17.5 Å². The molecular weight excluding hydrogens is 332 g/mol. The first-order valence-electron chi connectivity index (χ1n) is 7.45. The fourth-order valence-electron chi connectivity index (χ4n) is 2.31. The minimum atomic E-state index is -1.22. The number of nitrogens with one attached hydrogen (secondary N) is 1. The predicted octanol–water partition coefficient (Wildman–Crippen LogP) is 1.93. The second kappa shape index (κ2) is 7.12. The summed E-state index contributed by atoms with van der Waals surface area (Å²) in [6.07, 6.45) is 0.186. The lowest BCUT2D eigenvalue weighted by atomic mass is 10.0. The van der Waals surface area contributed by atoms with Gasteiger partial charge < -0.3 is 14.8 Å². The van der Waals surface area contributed by atoms with E-state index in [0.29, 0.717) is 0 Å². The third-order valence-corrected chi connectivity index (χ3v) is 3.48. The lowest BCUT2D eigenvalue weighted by molar-refractivity contribution is -0.384. The molecule has 0 aliphatic carbocycles. The first kappa shape index (κ1) is 18.1. The molecule has 1 aromatic carbocycles. The van der Waals surface area contributed by atoms with Crippen molar-refractivity contribution in [3.05, 3.63) is 50.4 Å². The highest BCUT2D eigenvalue weighted by molar-refractivity contribution is 5.98. The number of aliphatic carboxylic acids is 1. The fourth-order valence-corrected chi connectivity index (χ4v) is 2.31. The van der Waals surface area contributed by atoms with Gasteiger partial charge >= 0.3 is 11.6 Å². The molecule has 0 unspecified atom stereocenters. The van der Waals surface area contributed by atoms with Gasteiger partial charge in [0.15, 0.2) is 0 Å². The SMILES string of the molecule is CC(C)C[C@H](NC(=O)c1cc2cc([N+](=O)[O-])ccc2oc1=O)C(=O)O. The van der Waals surface area contributed by atoms with Crippen LogP contribution in [0.5, 0.6) is 0 Å². The molecule has 9 nitrogen and oxygen atoms in total. The highest BCUT2D eigenvalue weighted by Gasteiger charge is 2.24. The average Bonchev–Trinajstić information content (AvgIpc) is 2.52. The van der Waals surface area contributed by atoms with Gasteiger partial charge in [0.1, 0.15) is 17.2 Å². The van der Waals surface area contributed by atoms with Crippen LogP contribution in [-0.4, -0.2) is 27.9 Å². The Kier molecular flexibility index (Phi) is 5.16. The number of benzene rings is 1. The first-order chi connectivity index (χ1) is 11.7. The molecule has 0 saturated heterocycles. The van der Waals surface area contributed by atoms with E-state index in [2.05, 4.69) is 5.32 Å². The van der Waals surface area contributed by atoms with Crippen LogP contribution in [0.3, 0.4) is 0 Å². The number of rotatable bonds is 6. The number of nitro benzene ring substituents is 1. The molecule has 2 rings (SSSR count). The zero-order valence-electron chi connectivity index (χ0n) is 13.5. The van der Waals surface area contributed by atoms with E-state index in [1.54, 1.807) is 13.8 Å². The summed E-state index contributed by atoms with van der Waals surface area (Å²) in [5, 5.41) is 22.5. The second-order valence-electron chi connectivity index (χ2n) is 5.92.